The first-order chi connectivity index (χ1) is 15.7. The van der Waals surface area contributed by atoms with Crippen LogP contribution < -0.4 is 0 Å². The molecule has 0 bridgehead atoms. The largest absolute Gasteiger partial charge is 0.422 e. The van der Waals surface area contributed by atoms with Gasteiger partial charge in [-0.15, -0.1) is 0 Å². The van der Waals surface area contributed by atoms with Gasteiger partial charge in [-0.05, 0) is 66.2 Å². The highest BCUT2D eigenvalue weighted by Crippen LogP contribution is 2.40. The molecule has 0 amide bonds. The number of rotatable bonds is 5. The topological polar surface area (TPSA) is 0 Å². The lowest BCUT2D eigenvalue weighted by Crippen LogP contribution is -2.13. The molecule has 0 radical (unpaired) electrons. The molecule has 0 aromatic heterocycles. The highest BCUT2D eigenvalue weighted by Gasteiger charge is 2.38. The summed E-state index contributed by atoms with van der Waals surface area (Å²) < 4.78 is 81.8. The predicted octanol–water partition coefficient (Wildman–Crippen LogP) is 9.41. The number of hydrogen-bond donors (Lipinski definition) is 0. The van der Waals surface area contributed by atoms with Crippen molar-refractivity contribution in [1.29, 1.82) is 0 Å². The van der Waals surface area contributed by atoms with Crippen molar-refractivity contribution in [3.8, 4) is 11.1 Å². The maximum atomic E-state index is 15.2. The molecule has 0 spiro atoms. The van der Waals surface area contributed by atoms with E-state index in [1.54, 1.807) is 12.1 Å². The summed E-state index contributed by atoms with van der Waals surface area (Å²) in [6.45, 7) is 2.20. The summed E-state index contributed by atoms with van der Waals surface area (Å²) in [5, 5.41) is 0.934. The number of hydrogen-bond acceptors (Lipinski definition) is 0. The third-order valence-electron chi connectivity index (χ3n) is 6.90. The molecule has 4 rings (SSSR count). The molecule has 0 unspecified atom stereocenters. The first-order valence-corrected chi connectivity index (χ1v) is 11.5. The van der Waals surface area contributed by atoms with Gasteiger partial charge in [0.15, 0.2) is 0 Å². The molecule has 1 aliphatic rings. The average molecular weight is 464 g/mol. The smallest absolute Gasteiger partial charge is 0.206 e. The van der Waals surface area contributed by atoms with Crippen molar-refractivity contribution in [2.45, 2.75) is 64.0 Å². The van der Waals surface area contributed by atoms with Crippen molar-refractivity contribution in [3.05, 3.63) is 71.0 Å². The summed E-state index contributed by atoms with van der Waals surface area (Å²) in [5.41, 5.74) is -1.23. The van der Waals surface area contributed by atoms with Gasteiger partial charge in [-0.3, -0.25) is 0 Å². The minimum atomic E-state index is -5.17. The average Bonchev–Trinajstić information content (AvgIpc) is 2.76. The van der Waals surface area contributed by atoms with Crippen LogP contribution in [0, 0.1) is 23.4 Å². The summed E-state index contributed by atoms with van der Waals surface area (Å²) >= 11 is 0. The third kappa shape index (κ3) is 4.90. The minimum absolute atomic E-state index is 0.141. The van der Waals surface area contributed by atoms with Gasteiger partial charge in [0.2, 0.25) is 0 Å². The molecule has 0 nitrogen and oxygen atoms in total. The lowest BCUT2D eigenvalue weighted by molar-refractivity contribution is -0.142. The Hall–Kier alpha value is -2.50. The van der Waals surface area contributed by atoms with Crippen molar-refractivity contribution in [1.82, 2.24) is 0 Å². The molecular weight excluding hydrogens is 438 g/mol. The number of halogens is 6. The van der Waals surface area contributed by atoms with Crippen LogP contribution >= 0.6 is 0 Å². The van der Waals surface area contributed by atoms with E-state index in [-0.39, 0.29) is 16.5 Å². The van der Waals surface area contributed by atoms with E-state index in [1.165, 1.54) is 38.2 Å². The quantitative estimate of drug-likeness (QED) is 0.330. The Morgan fingerprint density at radius 3 is 2.12 bits per heavy atom. The van der Waals surface area contributed by atoms with Crippen LogP contribution in [0.1, 0.15) is 68.9 Å². The van der Waals surface area contributed by atoms with Crippen LogP contribution in [0.5, 0.6) is 0 Å². The standard InChI is InChI=1S/C27H26F6/c1-2-3-4-16-5-7-17(8-6-16)18-9-11-21-19(13-18)10-12-22(26(21)30)20-14-23(28)25(24(29)15-20)27(31,32)33/h9-17H,2-8H2,1H3/t16-,17-. The summed E-state index contributed by atoms with van der Waals surface area (Å²) in [6, 6.07) is 9.57. The van der Waals surface area contributed by atoms with Gasteiger partial charge in [-0.2, -0.15) is 13.2 Å². The van der Waals surface area contributed by atoms with E-state index in [2.05, 4.69) is 6.92 Å². The molecule has 6 heteroatoms. The van der Waals surface area contributed by atoms with Crippen LogP contribution in [0.2, 0.25) is 0 Å². The fraction of sp³-hybridized carbons (Fsp3) is 0.407. The molecule has 3 aromatic rings. The molecule has 1 aliphatic carbocycles. The van der Waals surface area contributed by atoms with Gasteiger partial charge in [0, 0.05) is 10.9 Å². The van der Waals surface area contributed by atoms with E-state index < -0.39 is 29.2 Å². The number of benzene rings is 3. The fourth-order valence-electron chi connectivity index (χ4n) is 5.06. The van der Waals surface area contributed by atoms with E-state index in [4.69, 9.17) is 0 Å². The molecule has 0 atom stereocenters. The number of unbranched alkanes of at least 4 members (excludes halogenated alkanes) is 1. The molecule has 0 N–H and O–H groups in total. The SMILES string of the molecule is CCCC[C@H]1CC[C@H](c2ccc3c(F)c(-c4cc(F)c(C(F)(F)F)c(F)c4)ccc3c2)CC1. The molecule has 1 saturated carbocycles. The zero-order chi connectivity index (χ0) is 23.8. The van der Waals surface area contributed by atoms with Crippen molar-refractivity contribution in [2.24, 2.45) is 5.92 Å². The van der Waals surface area contributed by atoms with Crippen LogP contribution in [0.3, 0.4) is 0 Å². The Labute approximate surface area is 189 Å². The Morgan fingerprint density at radius 1 is 0.848 bits per heavy atom. The van der Waals surface area contributed by atoms with Gasteiger partial charge in [-0.25, -0.2) is 13.2 Å². The first-order valence-electron chi connectivity index (χ1n) is 11.5. The van der Waals surface area contributed by atoms with Crippen LogP contribution in [-0.2, 0) is 6.18 Å². The Balaban J connectivity index is 1.61. The molecule has 0 saturated heterocycles. The lowest BCUT2D eigenvalue weighted by atomic mass is 9.77. The molecule has 3 aromatic carbocycles. The highest BCUT2D eigenvalue weighted by molar-refractivity contribution is 5.89. The Bertz CT molecular complexity index is 1120. The van der Waals surface area contributed by atoms with Crippen LogP contribution in [0.25, 0.3) is 21.9 Å². The summed E-state index contributed by atoms with van der Waals surface area (Å²) in [4.78, 5) is 0. The minimum Gasteiger partial charge on any atom is -0.206 e. The van der Waals surface area contributed by atoms with Crippen LogP contribution in [-0.4, -0.2) is 0 Å². The number of fused-ring (bicyclic) bond motifs is 1. The van der Waals surface area contributed by atoms with Gasteiger partial charge in [0.05, 0.1) is 0 Å². The van der Waals surface area contributed by atoms with E-state index >= 15 is 4.39 Å². The molecule has 33 heavy (non-hydrogen) atoms. The van der Waals surface area contributed by atoms with Gasteiger partial charge >= 0.3 is 6.18 Å². The maximum absolute atomic E-state index is 15.2. The van der Waals surface area contributed by atoms with Crippen LogP contribution in [0.15, 0.2) is 42.5 Å². The Kier molecular flexibility index (Phi) is 6.73. The van der Waals surface area contributed by atoms with E-state index in [9.17, 15) is 22.0 Å². The van der Waals surface area contributed by atoms with Gasteiger partial charge < -0.3 is 0 Å². The van der Waals surface area contributed by atoms with Gasteiger partial charge in [0.1, 0.15) is 23.0 Å². The third-order valence-corrected chi connectivity index (χ3v) is 6.90. The van der Waals surface area contributed by atoms with Crippen molar-refractivity contribution in [3.63, 3.8) is 0 Å². The molecule has 176 valence electrons. The fourth-order valence-corrected chi connectivity index (χ4v) is 5.06. The number of alkyl halides is 3. The Morgan fingerprint density at radius 2 is 1.52 bits per heavy atom. The molecule has 0 aliphatic heterocycles. The predicted molar refractivity (Wildman–Crippen MR) is 118 cm³/mol. The zero-order valence-corrected chi connectivity index (χ0v) is 18.4. The second-order valence-electron chi connectivity index (χ2n) is 9.08. The highest BCUT2D eigenvalue weighted by atomic mass is 19.4. The summed E-state index contributed by atoms with van der Waals surface area (Å²) in [7, 11) is 0. The lowest BCUT2D eigenvalue weighted by Gasteiger charge is -2.29. The van der Waals surface area contributed by atoms with Gasteiger partial charge in [-0.1, -0.05) is 56.5 Å². The molecule has 1 fully saturated rings. The maximum Gasteiger partial charge on any atom is 0.422 e. The second-order valence-corrected chi connectivity index (χ2v) is 9.08. The summed E-state index contributed by atoms with van der Waals surface area (Å²) in [5.74, 6) is -3.02. The monoisotopic (exact) mass is 464 g/mol. The second kappa shape index (κ2) is 9.40. The van der Waals surface area contributed by atoms with Crippen molar-refractivity contribution < 1.29 is 26.3 Å². The van der Waals surface area contributed by atoms with Crippen LogP contribution in [0.4, 0.5) is 26.3 Å². The normalized spacial score (nSPS) is 19.2. The van der Waals surface area contributed by atoms with E-state index in [0.29, 0.717) is 23.4 Å². The van der Waals surface area contributed by atoms with E-state index in [1.807, 2.05) is 12.1 Å². The van der Waals surface area contributed by atoms with Gasteiger partial charge in [0.25, 0.3) is 0 Å². The van der Waals surface area contributed by atoms with E-state index in [0.717, 1.165) is 24.3 Å². The molecule has 0 heterocycles. The van der Waals surface area contributed by atoms with Crippen molar-refractivity contribution >= 4 is 10.8 Å². The summed E-state index contributed by atoms with van der Waals surface area (Å²) in [6.07, 6.45) is 3.18. The zero-order valence-electron chi connectivity index (χ0n) is 18.4. The first kappa shape index (κ1) is 23.7. The molecular formula is C27H26F6. The van der Waals surface area contributed by atoms with Crippen molar-refractivity contribution in [2.75, 3.05) is 0 Å².